The molecule has 1 unspecified atom stereocenters. The third kappa shape index (κ3) is 6.39. The van der Waals surface area contributed by atoms with Gasteiger partial charge in [-0.05, 0) is 79.2 Å². The van der Waals surface area contributed by atoms with Crippen LogP contribution < -0.4 is 10.6 Å². The molecule has 2 N–H and O–H groups in total. The van der Waals surface area contributed by atoms with E-state index < -0.39 is 0 Å². The monoisotopic (exact) mass is 561 g/mol. The van der Waals surface area contributed by atoms with Gasteiger partial charge in [-0.1, -0.05) is 11.9 Å². The third-order valence-electron chi connectivity index (χ3n) is 6.79. The Bertz CT molecular complexity index is 1150. The van der Waals surface area contributed by atoms with Crippen molar-refractivity contribution >= 4 is 45.6 Å². The van der Waals surface area contributed by atoms with Gasteiger partial charge in [-0.3, -0.25) is 14.5 Å². The Hall–Kier alpha value is -2.07. The van der Waals surface area contributed by atoms with E-state index in [4.69, 9.17) is 0 Å². The molecule has 2 aromatic heterocycles. The van der Waals surface area contributed by atoms with Crippen molar-refractivity contribution in [3.8, 4) is 0 Å². The van der Waals surface area contributed by atoms with E-state index in [-0.39, 0.29) is 18.5 Å². The van der Waals surface area contributed by atoms with Crippen LogP contribution in [-0.4, -0.2) is 71.8 Å². The van der Waals surface area contributed by atoms with Crippen molar-refractivity contribution in [2.75, 3.05) is 46.0 Å². The number of rotatable bonds is 9. The molecule has 0 bridgehead atoms. The van der Waals surface area contributed by atoms with E-state index >= 15 is 0 Å². The fourth-order valence-electron chi connectivity index (χ4n) is 4.57. The molecule has 2 aromatic rings. The molecule has 7 nitrogen and oxygen atoms in total. The number of pyridine rings is 1. The third-order valence-corrected chi connectivity index (χ3v) is 8.11. The number of hydrogen-bond donors (Lipinski definition) is 2. The van der Waals surface area contributed by atoms with E-state index in [9.17, 15) is 9.59 Å². The molecular weight excluding hydrogens is 526 g/mol. The normalized spacial score (nSPS) is 17.3. The number of nitrogens with zero attached hydrogens (tertiary/aromatic N) is 3. The van der Waals surface area contributed by atoms with Crippen LogP contribution in [0.2, 0.25) is 0 Å². The first-order valence-electron chi connectivity index (χ1n) is 11.8. The van der Waals surface area contributed by atoms with Crippen molar-refractivity contribution in [3.05, 3.63) is 62.5 Å². The molecule has 190 valence electrons. The molecule has 3 heterocycles. The van der Waals surface area contributed by atoms with Crippen LogP contribution in [0.25, 0.3) is 5.52 Å². The lowest BCUT2D eigenvalue weighted by Gasteiger charge is -2.38. The minimum atomic E-state index is -0.176. The Morgan fingerprint density at radius 2 is 1.91 bits per heavy atom. The smallest absolute Gasteiger partial charge is 0.251 e. The molecule has 0 spiro atoms. The summed E-state index contributed by atoms with van der Waals surface area (Å²) in [6.45, 7) is 12.2. The largest absolute Gasteiger partial charge is 0.392 e. The molecule has 1 fully saturated rings. The number of hydrogen-bond acceptors (Lipinski definition) is 6. The van der Waals surface area contributed by atoms with Gasteiger partial charge in [-0.25, -0.2) is 4.31 Å². The molecule has 0 radical (unpaired) electrons. The number of carbonyl (C=O) groups is 2. The molecule has 9 heteroatoms. The minimum Gasteiger partial charge on any atom is -0.392 e. The first-order valence-corrected chi connectivity index (χ1v) is 13.8. The van der Waals surface area contributed by atoms with Crippen LogP contribution in [0.3, 0.4) is 0 Å². The standard InChI is InChI=1S/C26H36BrN5O2S/c1-17(11-18(2)28-5)21(16-33)14-29-26(34)24-13-23-12-22(27)15-32(23)25(19(24)3)20(4)30-7-9-31(35-6)10-8-30/h11-13,15-16,20,28H,7-10,14H2,1-6H3,(H,29,34)/b18-11-,21-17-. The topological polar surface area (TPSA) is 69.1 Å². The highest BCUT2D eigenvalue weighted by molar-refractivity contribution is 9.10. The SMILES string of the molecule is CN/C(C)=C\C(C)=C(/C=O)CNC(=O)c1cc2cc(Br)cn2c(C(C)N2CCN(SC)CC2)c1C. The lowest BCUT2D eigenvalue weighted by Crippen LogP contribution is -2.44. The summed E-state index contributed by atoms with van der Waals surface area (Å²) in [7, 11) is 1.83. The van der Waals surface area contributed by atoms with Gasteiger partial charge in [0, 0.05) is 84.5 Å². The molecule has 1 aliphatic rings. The second-order valence-corrected chi connectivity index (χ2v) is 10.7. The number of fused-ring (bicyclic) bond motifs is 1. The van der Waals surface area contributed by atoms with Crippen LogP contribution in [0, 0.1) is 6.92 Å². The van der Waals surface area contributed by atoms with Gasteiger partial charge in [0.15, 0.2) is 0 Å². The number of nitrogens with one attached hydrogen (secondary N) is 2. The summed E-state index contributed by atoms with van der Waals surface area (Å²) >= 11 is 5.40. The molecule has 0 aliphatic carbocycles. The Balaban J connectivity index is 1.92. The van der Waals surface area contributed by atoms with E-state index in [2.05, 4.69) is 59.5 Å². The highest BCUT2D eigenvalue weighted by atomic mass is 79.9. The first kappa shape index (κ1) is 27.5. The van der Waals surface area contributed by atoms with E-state index in [1.165, 1.54) is 0 Å². The van der Waals surface area contributed by atoms with E-state index in [1.54, 1.807) is 11.9 Å². The van der Waals surface area contributed by atoms with E-state index in [0.717, 1.165) is 65.0 Å². The molecule has 0 saturated carbocycles. The summed E-state index contributed by atoms with van der Waals surface area (Å²) in [6, 6.07) is 4.11. The van der Waals surface area contributed by atoms with Crippen molar-refractivity contribution < 1.29 is 9.59 Å². The number of amides is 1. The number of aromatic nitrogens is 1. The van der Waals surface area contributed by atoms with Gasteiger partial charge < -0.3 is 15.0 Å². The Labute approximate surface area is 221 Å². The van der Waals surface area contributed by atoms with Crippen LogP contribution in [0.1, 0.15) is 48.4 Å². The Morgan fingerprint density at radius 1 is 1.23 bits per heavy atom. The summed E-state index contributed by atoms with van der Waals surface area (Å²) < 4.78 is 5.55. The highest BCUT2D eigenvalue weighted by Gasteiger charge is 2.27. The highest BCUT2D eigenvalue weighted by Crippen LogP contribution is 2.31. The van der Waals surface area contributed by atoms with Crippen LogP contribution in [0.15, 0.2) is 45.7 Å². The van der Waals surface area contributed by atoms with Crippen molar-refractivity contribution in [1.82, 2.24) is 24.2 Å². The van der Waals surface area contributed by atoms with Crippen LogP contribution in [0.5, 0.6) is 0 Å². The second kappa shape index (κ2) is 12.3. The zero-order valence-corrected chi connectivity index (χ0v) is 23.8. The van der Waals surface area contributed by atoms with Gasteiger partial charge in [-0.15, -0.1) is 0 Å². The molecule has 1 atom stereocenters. The first-order chi connectivity index (χ1) is 16.7. The number of halogens is 1. The Kier molecular flexibility index (Phi) is 9.63. The predicted octanol–water partition coefficient (Wildman–Crippen LogP) is 4.34. The van der Waals surface area contributed by atoms with Gasteiger partial charge in [0.2, 0.25) is 0 Å². The summed E-state index contributed by atoms with van der Waals surface area (Å²) in [4.78, 5) is 27.5. The van der Waals surface area contributed by atoms with Gasteiger partial charge >= 0.3 is 0 Å². The summed E-state index contributed by atoms with van der Waals surface area (Å²) in [5.41, 5.74) is 6.00. The Morgan fingerprint density at radius 3 is 2.51 bits per heavy atom. The zero-order chi connectivity index (χ0) is 25.7. The number of carbonyl (C=O) groups excluding carboxylic acids is 2. The zero-order valence-electron chi connectivity index (χ0n) is 21.4. The molecule has 1 amide bonds. The van der Waals surface area contributed by atoms with E-state index in [0.29, 0.717) is 11.1 Å². The van der Waals surface area contributed by atoms with E-state index in [1.807, 2.05) is 46.0 Å². The second-order valence-electron chi connectivity index (χ2n) is 8.93. The maximum atomic E-state index is 13.3. The average molecular weight is 563 g/mol. The maximum absolute atomic E-state index is 13.3. The van der Waals surface area contributed by atoms with Gasteiger partial charge in [-0.2, -0.15) is 0 Å². The quantitative estimate of drug-likeness (QED) is 0.205. The predicted molar refractivity (Wildman–Crippen MR) is 149 cm³/mol. The lowest BCUT2D eigenvalue weighted by atomic mass is 10.0. The van der Waals surface area contributed by atoms with Crippen LogP contribution in [0.4, 0.5) is 0 Å². The number of allylic oxidation sites excluding steroid dienone is 3. The maximum Gasteiger partial charge on any atom is 0.251 e. The van der Waals surface area contributed by atoms with Crippen molar-refractivity contribution in [3.63, 3.8) is 0 Å². The van der Waals surface area contributed by atoms with Crippen LogP contribution in [-0.2, 0) is 4.79 Å². The number of aldehydes is 1. The summed E-state index contributed by atoms with van der Waals surface area (Å²) in [5.74, 6) is -0.176. The summed E-state index contributed by atoms with van der Waals surface area (Å²) in [6.07, 6.45) is 6.91. The molecule has 1 saturated heterocycles. The van der Waals surface area contributed by atoms with Gasteiger partial charge in [0.1, 0.15) is 6.29 Å². The molecule has 1 aliphatic heterocycles. The molecular formula is C26H36BrN5O2S. The van der Waals surface area contributed by atoms with Gasteiger partial charge in [0.25, 0.3) is 5.91 Å². The van der Waals surface area contributed by atoms with Gasteiger partial charge in [0.05, 0.1) is 0 Å². The fraction of sp³-hybridized carbons (Fsp3) is 0.462. The minimum absolute atomic E-state index is 0.149. The van der Waals surface area contributed by atoms with Crippen LogP contribution >= 0.6 is 27.9 Å². The molecule has 3 rings (SSSR count). The molecule has 35 heavy (non-hydrogen) atoms. The summed E-state index contributed by atoms with van der Waals surface area (Å²) in [5, 5.41) is 6.02. The van der Waals surface area contributed by atoms with Crippen molar-refractivity contribution in [2.45, 2.75) is 33.7 Å². The average Bonchev–Trinajstić information content (AvgIpc) is 3.22. The number of piperazine rings is 1. The van der Waals surface area contributed by atoms with Crippen molar-refractivity contribution in [1.29, 1.82) is 0 Å². The van der Waals surface area contributed by atoms with Crippen molar-refractivity contribution in [2.24, 2.45) is 0 Å². The lowest BCUT2D eigenvalue weighted by molar-refractivity contribution is -0.105. The molecule has 0 aromatic carbocycles. The fourth-order valence-corrected chi connectivity index (χ4v) is 5.54.